The van der Waals surface area contributed by atoms with E-state index in [9.17, 15) is 14.7 Å². The van der Waals surface area contributed by atoms with Crippen LogP contribution >= 0.6 is 0 Å². The van der Waals surface area contributed by atoms with Crippen molar-refractivity contribution in [3.8, 4) is 45.3 Å². The smallest absolute Gasteiger partial charge is 0.341 e. The minimum atomic E-state index is -1.24. The van der Waals surface area contributed by atoms with Crippen LogP contribution in [0.1, 0.15) is 37.2 Å². The average molecular weight is 500 g/mol. The second kappa shape index (κ2) is 8.96. The van der Waals surface area contributed by atoms with Gasteiger partial charge in [-0.15, -0.1) is 0 Å². The first-order valence-corrected chi connectivity index (χ1v) is 12.0. The Hall–Kier alpha value is -4.33. The first-order valence-electron chi connectivity index (χ1n) is 12.0. The molecule has 1 aliphatic rings. The molecule has 1 atom stereocenters. The number of hydrogen-bond donors (Lipinski definition) is 1. The van der Waals surface area contributed by atoms with Gasteiger partial charge in [0.2, 0.25) is 0 Å². The molecular formula is C29H29N3O5. The van der Waals surface area contributed by atoms with Crippen LogP contribution in [0.2, 0.25) is 0 Å². The van der Waals surface area contributed by atoms with Gasteiger partial charge in [-0.25, -0.2) is 4.79 Å². The highest BCUT2D eigenvalue weighted by atomic mass is 16.5. The van der Waals surface area contributed by atoms with Gasteiger partial charge in [-0.3, -0.25) is 9.48 Å². The fourth-order valence-corrected chi connectivity index (χ4v) is 4.98. The van der Waals surface area contributed by atoms with Gasteiger partial charge in [0.25, 0.3) is 0 Å². The van der Waals surface area contributed by atoms with Crippen LogP contribution in [0.5, 0.6) is 11.5 Å². The van der Waals surface area contributed by atoms with Crippen molar-refractivity contribution in [2.75, 3.05) is 14.2 Å². The Morgan fingerprint density at radius 2 is 1.62 bits per heavy atom. The fraction of sp³-hybridized carbons (Fsp3) is 0.276. The fourth-order valence-electron chi connectivity index (χ4n) is 4.98. The van der Waals surface area contributed by atoms with Crippen molar-refractivity contribution in [2.24, 2.45) is 5.41 Å². The normalized spacial score (nSPS) is 14.6. The standard InChI is InChI=1S/C29H29N3O5/c1-29(2,3)24-16-32-27(22-14-23(33)21(28(34)35)15-31(22)24)25(17-8-6-10-19(12-17)36-4)26(30-32)18-9-7-11-20(13-18)37-5/h6-15,24H,16H2,1-5H3,(H,34,35)/t24-/m0/s1. The lowest BCUT2D eigenvalue weighted by molar-refractivity contribution is 0.0693. The number of nitrogens with zero attached hydrogens (tertiary/aromatic N) is 3. The lowest BCUT2D eigenvalue weighted by atomic mass is 9.84. The molecule has 0 fully saturated rings. The van der Waals surface area contributed by atoms with E-state index in [0.717, 1.165) is 28.1 Å². The summed E-state index contributed by atoms with van der Waals surface area (Å²) in [5.41, 5.74) is 3.64. The van der Waals surface area contributed by atoms with Gasteiger partial charge in [0.05, 0.1) is 38.2 Å². The SMILES string of the molecule is COc1cccc(-c2nn3c(c2-c2cccc(OC)c2)-c2cc(=O)c(C(=O)O)cn2[C@H](C(C)(C)C)C3)c1. The third kappa shape index (κ3) is 4.18. The Morgan fingerprint density at radius 1 is 1.00 bits per heavy atom. The Bertz CT molecular complexity index is 1580. The highest BCUT2D eigenvalue weighted by Gasteiger charge is 2.37. The quantitative estimate of drug-likeness (QED) is 0.397. The van der Waals surface area contributed by atoms with Gasteiger partial charge >= 0.3 is 5.97 Å². The van der Waals surface area contributed by atoms with E-state index in [1.165, 1.54) is 12.3 Å². The second-order valence-corrected chi connectivity index (χ2v) is 10.2. The van der Waals surface area contributed by atoms with E-state index in [-0.39, 0.29) is 17.0 Å². The monoisotopic (exact) mass is 499 g/mol. The summed E-state index contributed by atoms with van der Waals surface area (Å²) in [7, 11) is 3.24. The lowest BCUT2D eigenvalue weighted by Crippen LogP contribution is -2.35. The first kappa shape index (κ1) is 24.4. The van der Waals surface area contributed by atoms with E-state index in [1.807, 2.05) is 57.8 Å². The summed E-state index contributed by atoms with van der Waals surface area (Å²) < 4.78 is 14.8. The first-order chi connectivity index (χ1) is 17.6. The molecule has 0 bridgehead atoms. The number of fused-ring (bicyclic) bond motifs is 3. The number of carboxylic acids is 1. The predicted molar refractivity (Wildman–Crippen MR) is 141 cm³/mol. The Balaban J connectivity index is 1.88. The molecule has 0 aliphatic carbocycles. The molecule has 0 radical (unpaired) electrons. The van der Waals surface area contributed by atoms with Gasteiger partial charge in [0.1, 0.15) is 22.8 Å². The zero-order valence-electron chi connectivity index (χ0n) is 21.5. The summed E-state index contributed by atoms with van der Waals surface area (Å²) in [6, 6.07) is 16.7. The largest absolute Gasteiger partial charge is 0.497 e. The molecule has 0 saturated carbocycles. The molecule has 0 saturated heterocycles. The van der Waals surface area contributed by atoms with E-state index in [4.69, 9.17) is 14.6 Å². The molecule has 190 valence electrons. The van der Waals surface area contributed by atoms with Gasteiger partial charge < -0.3 is 19.1 Å². The van der Waals surface area contributed by atoms with Crippen molar-refractivity contribution >= 4 is 5.97 Å². The molecule has 1 N–H and O–H groups in total. The molecule has 1 aliphatic heterocycles. The van der Waals surface area contributed by atoms with Gasteiger partial charge in [-0.2, -0.15) is 5.10 Å². The highest BCUT2D eigenvalue weighted by molar-refractivity contribution is 5.93. The molecule has 0 amide bonds. The number of pyridine rings is 1. The lowest BCUT2D eigenvalue weighted by Gasteiger charge is -2.38. The number of rotatable bonds is 5. The summed E-state index contributed by atoms with van der Waals surface area (Å²) in [5.74, 6) is 0.156. The average Bonchev–Trinajstić information content (AvgIpc) is 3.27. The number of carbonyl (C=O) groups is 1. The molecule has 5 rings (SSSR count). The Morgan fingerprint density at radius 3 is 2.22 bits per heavy atom. The van der Waals surface area contributed by atoms with Crippen molar-refractivity contribution < 1.29 is 19.4 Å². The zero-order chi connectivity index (χ0) is 26.5. The molecule has 0 spiro atoms. The van der Waals surface area contributed by atoms with Gasteiger partial charge in [-0.05, 0) is 35.2 Å². The van der Waals surface area contributed by atoms with Crippen LogP contribution < -0.4 is 14.9 Å². The van der Waals surface area contributed by atoms with Crippen molar-refractivity contribution in [3.63, 3.8) is 0 Å². The third-order valence-corrected chi connectivity index (χ3v) is 6.89. The van der Waals surface area contributed by atoms with Crippen LogP contribution in [0.3, 0.4) is 0 Å². The van der Waals surface area contributed by atoms with Crippen molar-refractivity contribution in [3.05, 3.63) is 76.6 Å². The van der Waals surface area contributed by atoms with Crippen LogP contribution in [-0.2, 0) is 6.54 Å². The van der Waals surface area contributed by atoms with Crippen LogP contribution in [0.4, 0.5) is 0 Å². The highest BCUT2D eigenvalue weighted by Crippen LogP contribution is 2.46. The maximum atomic E-state index is 12.9. The number of benzene rings is 2. The summed E-state index contributed by atoms with van der Waals surface area (Å²) in [6.45, 7) is 6.80. The third-order valence-electron chi connectivity index (χ3n) is 6.89. The summed E-state index contributed by atoms with van der Waals surface area (Å²) in [6.07, 6.45) is 1.48. The van der Waals surface area contributed by atoms with E-state index >= 15 is 0 Å². The topological polar surface area (TPSA) is 95.6 Å². The Kier molecular flexibility index (Phi) is 5.90. The van der Waals surface area contributed by atoms with Crippen LogP contribution in [-0.4, -0.2) is 39.6 Å². The minimum absolute atomic E-state index is 0.134. The molecule has 8 heteroatoms. The Labute approximate surface area is 214 Å². The van der Waals surface area contributed by atoms with Gasteiger partial charge in [-0.1, -0.05) is 45.0 Å². The number of aromatic nitrogens is 3. The molecule has 3 heterocycles. The van der Waals surface area contributed by atoms with Crippen molar-refractivity contribution in [2.45, 2.75) is 33.4 Å². The number of hydrogen-bond acceptors (Lipinski definition) is 5. The van der Waals surface area contributed by atoms with Gasteiger partial charge in [0.15, 0.2) is 5.43 Å². The maximum absolute atomic E-state index is 12.9. The van der Waals surface area contributed by atoms with E-state index in [1.54, 1.807) is 14.2 Å². The minimum Gasteiger partial charge on any atom is -0.497 e. The molecule has 37 heavy (non-hydrogen) atoms. The number of aromatic carboxylic acids is 1. The predicted octanol–water partition coefficient (Wildman–Crippen LogP) is 5.36. The summed E-state index contributed by atoms with van der Waals surface area (Å²) >= 11 is 0. The molecule has 4 aromatic rings. The molecular weight excluding hydrogens is 470 g/mol. The van der Waals surface area contributed by atoms with Crippen LogP contribution in [0, 0.1) is 5.41 Å². The van der Waals surface area contributed by atoms with E-state index < -0.39 is 11.4 Å². The number of ether oxygens (including phenoxy) is 2. The van der Waals surface area contributed by atoms with E-state index in [2.05, 4.69) is 20.8 Å². The van der Waals surface area contributed by atoms with E-state index in [0.29, 0.717) is 23.7 Å². The zero-order valence-corrected chi connectivity index (χ0v) is 21.5. The number of carboxylic acid groups (broad SMARTS) is 1. The van der Waals surface area contributed by atoms with Crippen molar-refractivity contribution in [1.82, 2.24) is 14.3 Å². The second-order valence-electron chi connectivity index (χ2n) is 10.2. The number of methoxy groups -OCH3 is 2. The van der Waals surface area contributed by atoms with Crippen LogP contribution in [0.15, 0.2) is 65.6 Å². The molecule has 0 unspecified atom stereocenters. The van der Waals surface area contributed by atoms with Crippen molar-refractivity contribution in [1.29, 1.82) is 0 Å². The van der Waals surface area contributed by atoms with Gasteiger partial charge in [0, 0.05) is 23.4 Å². The maximum Gasteiger partial charge on any atom is 0.341 e. The molecule has 2 aromatic carbocycles. The molecule has 8 nitrogen and oxygen atoms in total. The molecule has 2 aromatic heterocycles. The summed E-state index contributed by atoms with van der Waals surface area (Å²) in [5, 5.41) is 14.8. The van der Waals surface area contributed by atoms with Crippen LogP contribution in [0.25, 0.3) is 33.8 Å². The summed E-state index contributed by atoms with van der Waals surface area (Å²) in [4.78, 5) is 24.8.